The number of piperazine rings is 1. The summed E-state index contributed by atoms with van der Waals surface area (Å²) in [4.78, 5) is 2.78. The molecular formula is C14H26N2. The Bertz CT molecular complexity index is 262. The molecule has 0 bridgehead atoms. The van der Waals surface area contributed by atoms with Crippen LogP contribution < -0.4 is 5.32 Å². The minimum atomic E-state index is 0.456. The third-order valence-corrected chi connectivity index (χ3v) is 5.33. The van der Waals surface area contributed by atoms with Crippen LogP contribution in [0.1, 0.15) is 52.4 Å². The predicted octanol–water partition coefficient (Wildman–Crippen LogP) is 2.39. The van der Waals surface area contributed by atoms with Gasteiger partial charge in [0, 0.05) is 30.7 Å². The lowest BCUT2D eigenvalue weighted by molar-refractivity contribution is 0.0341. The summed E-state index contributed by atoms with van der Waals surface area (Å²) in [6, 6.07) is 0. The van der Waals surface area contributed by atoms with Crippen molar-refractivity contribution in [3.05, 3.63) is 0 Å². The fourth-order valence-electron chi connectivity index (χ4n) is 3.88. The van der Waals surface area contributed by atoms with E-state index in [4.69, 9.17) is 0 Å². The quantitative estimate of drug-likeness (QED) is 0.772. The molecule has 1 heterocycles. The van der Waals surface area contributed by atoms with Gasteiger partial charge in [0.15, 0.2) is 0 Å². The van der Waals surface area contributed by atoms with Crippen molar-refractivity contribution in [3.8, 4) is 0 Å². The van der Waals surface area contributed by atoms with Crippen LogP contribution in [0.3, 0.4) is 0 Å². The lowest BCUT2D eigenvalue weighted by Gasteiger charge is -2.49. The van der Waals surface area contributed by atoms with E-state index in [-0.39, 0.29) is 0 Å². The van der Waals surface area contributed by atoms with E-state index in [1.165, 1.54) is 58.2 Å². The maximum Gasteiger partial charge on any atom is 0.0309 e. The monoisotopic (exact) mass is 222 g/mol. The van der Waals surface area contributed by atoms with Crippen molar-refractivity contribution in [1.82, 2.24) is 10.2 Å². The molecule has 3 aliphatic rings. The Morgan fingerprint density at radius 2 is 1.88 bits per heavy atom. The Labute approximate surface area is 99.8 Å². The van der Waals surface area contributed by atoms with Gasteiger partial charge in [-0.2, -0.15) is 0 Å². The molecular weight excluding hydrogens is 196 g/mol. The molecule has 0 aromatic heterocycles. The summed E-state index contributed by atoms with van der Waals surface area (Å²) in [6.07, 6.45) is 8.61. The highest BCUT2D eigenvalue weighted by molar-refractivity contribution is 5.04. The van der Waals surface area contributed by atoms with Gasteiger partial charge in [-0.25, -0.2) is 0 Å². The molecule has 1 saturated heterocycles. The van der Waals surface area contributed by atoms with Gasteiger partial charge >= 0.3 is 0 Å². The van der Waals surface area contributed by atoms with Crippen LogP contribution in [0.15, 0.2) is 0 Å². The number of hydrogen-bond acceptors (Lipinski definition) is 2. The summed E-state index contributed by atoms with van der Waals surface area (Å²) in [5.41, 5.74) is 0.947. The molecule has 3 fully saturated rings. The van der Waals surface area contributed by atoms with E-state index in [0.717, 1.165) is 5.92 Å². The fraction of sp³-hybridized carbons (Fsp3) is 1.00. The van der Waals surface area contributed by atoms with Crippen LogP contribution in [-0.4, -0.2) is 35.6 Å². The highest BCUT2D eigenvalue weighted by Crippen LogP contribution is 2.44. The molecule has 1 spiro atoms. The number of nitrogens with one attached hydrogen (secondary N) is 1. The molecule has 1 N–H and O–H groups in total. The molecule has 16 heavy (non-hydrogen) atoms. The van der Waals surface area contributed by atoms with Crippen LogP contribution in [0.5, 0.6) is 0 Å². The molecule has 0 amide bonds. The van der Waals surface area contributed by atoms with Crippen molar-refractivity contribution < 1.29 is 0 Å². The van der Waals surface area contributed by atoms with Gasteiger partial charge in [0.1, 0.15) is 0 Å². The van der Waals surface area contributed by atoms with Gasteiger partial charge in [-0.15, -0.1) is 0 Å². The summed E-state index contributed by atoms with van der Waals surface area (Å²) >= 11 is 0. The minimum absolute atomic E-state index is 0.456. The Kier molecular flexibility index (Phi) is 2.56. The van der Waals surface area contributed by atoms with Crippen molar-refractivity contribution in [2.24, 2.45) is 5.92 Å². The van der Waals surface area contributed by atoms with Crippen LogP contribution in [-0.2, 0) is 0 Å². The molecule has 2 nitrogen and oxygen atoms in total. The first kappa shape index (κ1) is 11.0. The number of rotatable bonds is 2. The second-order valence-corrected chi connectivity index (χ2v) is 6.76. The summed E-state index contributed by atoms with van der Waals surface area (Å²) < 4.78 is 0. The zero-order valence-corrected chi connectivity index (χ0v) is 10.9. The standard InChI is InChI=1S/C14H26N2/c1-13(2,12-5-6-12)16-10-9-15-14(11-16)7-3-4-8-14/h12,15H,3-11H2,1-2H3. The van der Waals surface area contributed by atoms with Gasteiger partial charge in [-0.1, -0.05) is 12.8 Å². The minimum Gasteiger partial charge on any atom is -0.309 e. The Balaban J connectivity index is 1.71. The predicted molar refractivity (Wildman–Crippen MR) is 67.6 cm³/mol. The lowest BCUT2D eigenvalue weighted by Crippen LogP contribution is -2.64. The maximum absolute atomic E-state index is 3.81. The topological polar surface area (TPSA) is 15.3 Å². The third kappa shape index (κ3) is 1.80. The molecule has 2 heteroatoms. The molecule has 0 aromatic rings. The van der Waals surface area contributed by atoms with Crippen LogP contribution in [0.25, 0.3) is 0 Å². The smallest absolute Gasteiger partial charge is 0.0309 e. The van der Waals surface area contributed by atoms with Gasteiger partial charge in [-0.05, 0) is 45.4 Å². The molecule has 0 atom stereocenters. The van der Waals surface area contributed by atoms with Gasteiger partial charge in [-0.3, -0.25) is 4.90 Å². The maximum atomic E-state index is 3.81. The van der Waals surface area contributed by atoms with Crippen molar-refractivity contribution >= 4 is 0 Å². The number of nitrogens with zero attached hydrogens (tertiary/aromatic N) is 1. The average molecular weight is 222 g/mol. The summed E-state index contributed by atoms with van der Waals surface area (Å²) in [7, 11) is 0. The van der Waals surface area contributed by atoms with E-state index in [1.54, 1.807) is 0 Å². The Hall–Kier alpha value is -0.0800. The summed E-state index contributed by atoms with van der Waals surface area (Å²) in [5, 5.41) is 3.81. The largest absolute Gasteiger partial charge is 0.309 e. The Morgan fingerprint density at radius 3 is 2.50 bits per heavy atom. The highest BCUT2D eigenvalue weighted by Gasteiger charge is 2.46. The molecule has 0 unspecified atom stereocenters. The van der Waals surface area contributed by atoms with E-state index in [1.807, 2.05) is 0 Å². The van der Waals surface area contributed by atoms with E-state index in [9.17, 15) is 0 Å². The molecule has 2 aliphatic carbocycles. The van der Waals surface area contributed by atoms with Crippen molar-refractivity contribution in [2.75, 3.05) is 19.6 Å². The van der Waals surface area contributed by atoms with Crippen molar-refractivity contribution in [3.63, 3.8) is 0 Å². The molecule has 0 radical (unpaired) electrons. The van der Waals surface area contributed by atoms with Gasteiger partial charge < -0.3 is 5.32 Å². The normalized spacial score (nSPS) is 31.1. The first-order valence-corrected chi connectivity index (χ1v) is 7.13. The molecule has 92 valence electrons. The van der Waals surface area contributed by atoms with Crippen LogP contribution in [0.2, 0.25) is 0 Å². The molecule has 0 aromatic carbocycles. The zero-order valence-electron chi connectivity index (χ0n) is 10.9. The summed E-state index contributed by atoms with van der Waals surface area (Å²) in [6.45, 7) is 8.70. The van der Waals surface area contributed by atoms with Crippen molar-refractivity contribution in [1.29, 1.82) is 0 Å². The van der Waals surface area contributed by atoms with Gasteiger partial charge in [0.25, 0.3) is 0 Å². The second-order valence-electron chi connectivity index (χ2n) is 6.76. The van der Waals surface area contributed by atoms with Crippen LogP contribution in [0, 0.1) is 5.92 Å². The van der Waals surface area contributed by atoms with E-state index >= 15 is 0 Å². The SMILES string of the molecule is CC(C)(C1CC1)N1CCNC2(CCCC2)C1. The van der Waals surface area contributed by atoms with Gasteiger partial charge in [0.2, 0.25) is 0 Å². The van der Waals surface area contributed by atoms with E-state index in [2.05, 4.69) is 24.1 Å². The molecule has 3 rings (SSSR count). The number of hydrogen-bond donors (Lipinski definition) is 1. The highest BCUT2D eigenvalue weighted by atomic mass is 15.3. The fourth-order valence-corrected chi connectivity index (χ4v) is 3.88. The zero-order chi connectivity index (χ0) is 11.2. The summed E-state index contributed by atoms with van der Waals surface area (Å²) in [5.74, 6) is 0.976. The third-order valence-electron chi connectivity index (χ3n) is 5.33. The molecule has 1 aliphatic heterocycles. The lowest BCUT2D eigenvalue weighted by atomic mass is 9.88. The Morgan fingerprint density at radius 1 is 1.19 bits per heavy atom. The van der Waals surface area contributed by atoms with E-state index in [0.29, 0.717) is 11.1 Å². The molecule has 2 saturated carbocycles. The average Bonchev–Trinajstić information content (AvgIpc) is 3.04. The van der Waals surface area contributed by atoms with Crippen LogP contribution in [0.4, 0.5) is 0 Å². The van der Waals surface area contributed by atoms with E-state index < -0.39 is 0 Å². The first-order valence-electron chi connectivity index (χ1n) is 7.13. The first-order chi connectivity index (χ1) is 7.62. The van der Waals surface area contributed by atoms with Crippen molar-refractivity contribution in [2.45, 2.75) is 63.5 Å². The second kappa shape index (κ2) is 3.71. The van der Waals surface area contributed by atoms with Gasteiger partial charge in [0.05, 0.1) is 0 Å². The van der Waals surface area contributed by atoms with Crippen LogP contribution >= 0.6 is 0 Å².